The van der Waals surface area contributed by atoms with Crippen molar-refractivity contribution in [2.24, 2.45) is 5.73 Å². The van der Waals surface area contributed by atoms with Gasteiger partial charge in [0, 0.05) is 73.3 Å². The molecule has 0 aromatic heterocycles. The normalized spacial score (nSPS) is 14.2. The molecule has 12 nitrogen and oxygen atoms in total. The summed E-state index contributed by atoms with van der Waals surface area (Å²) in [6.07, 6.45) is 0.989. The number of amides is 2. The minimum absolute atomic E-state index is 0.0471. The van der Waals surface area contributed by atoms with Crippen molar-refractivity contribution in [2.75, 3.05) is 67.1 Å². The van der Waals surface area contributed by atoms with E-state index in [1.54, 1.807) is 18.2 Å². The van der Waals surface area contributed by atoms with Gasteiger partial charge in [-0.05, 0) is 60.7 Å². The minimum atomic E-state index is -3.82. The topological polar surface area (TPSA) is 162 Å². The Balaban J connectivity index is 1.50. The number of carbonyl (C=O) groups excluding carboxylic acids is 2. The summed E-state index contributed by atoms with van der Waals surface area (Å²) in [5.74, 6) is -1.18. The maximum atomic E-state index is 13.4. The highest BCUT2D eigenvalue weighted by Crippen LogP contribution is 2.28. The Kier molecular flexibility index (Phi) is 10.4. The fourth-order valence-corrected chi connectivity index (χ4v) is 7.02. The first-order chi connectivity index (χ1) is 20.7. The van der Waals surface area contributed by atoms with Gasteiger partial charge >= 0.3 is 0 Å². The second kappa shape index (κ2) is 13.7. The molecule has 4 rings (SSSR count). The summed E-state index contributed by atoms with van der Waals surface area (Å²) in [7, 11) is -6.27. The van der Waals surface area contributed by atoms with Crippen LogP contribution in [0.2, 0.25) is 10.0 Å². The van der Waals surface area contributed by atoms with Gasteiger partial charge < -0.3 is 21.3 Å². The Labute approximate surface area is 266 Å². The number of hydrogen-bond acceptors (Lipinski definition) is 8. The third-order valence-corrected chi connectivity index (χ3v) is 10.5. The molecule has 0 saturated carbocycles. The molecule has 4 N–H and O–H groups in total. The number of hydrogen-bond donors (Lipinski definition) is 3. The number of carbonyl (C=O) groups is 2. The zero-order chi connectivity index (χ0) is 32.2. The van der Waals surface area contributed by atoms with Crippen molar-refractivity contribution < 1.29 is 26.4 Å². The van der Waals surface area contributed by atoms with Crippen molar-refractivity contribution in [3.63, 3.8) is 0 Å². The molecule has 1 aliphatic heterocycles. The van der Waals surface area contributed by atoms with Crippen LogP contribution in [0.25, 0.3) is 0 Å². The monoisotopic (exact) mass is 682 g/mol. The molecule has 0 atom stereocenters. The Hall–Kier alpha value is -3.40. The van der Waals surface area contributed by atoms with Gasteiger partial charge in [-0.1, -0.05) is 23.2 Å². The number of nitrogens with two attached hydrogens (primary N) is 1. The van der Waals surface area contributed by atoms with Crippen LogP contribution in [0.15, 0.2) is 65.6 Å². The predicted octanol–water partition coefficient (Wildman–Crippen LogP) is 2.84. The van der Waals surface area contributed by atoms with Gasteiger partial charge in [0.1, 0.15) is 0 Å². The van der Waals surface area contributed by atoms with E-state index in [-0.39, 0.29) is 53.6 Å². The maximum absolute atomic E-state index is 13.4. The molecule has 0 radical (unpaired) electrons. The lowest BCUT2D eigenvalue weighted by Gasteiger charge is -2.35. The maximum Gasteiger partial charge on any atom is 0.257 e. The lowest BCUT2D eigenvalue weighted by Crippen LogP contribution is -2.48. The van der Waals surface area contributed by atoms with E-state index in [4.69, 9.17) is 28.9 Å². The fraction of sp³-hybridized carbons (Fsp3) is 0.286. The zero-order valence-corrected chi connectivity index (χ0v) is 27.1. The van der Waals surface area contributed by atoms with Crippen LogP contribution in [0.4, 0.5) is 17.1 Å². The SMILES string of the molecule is CN(c1ccc(C(=O)NCCN)cc1C(=O)Nc1ccc(S(=O)(=O)N2CCN(c3cc(Cl)cc(Cl)c3)CC2)cc1)S(C)(=O)=O. The van der Waals surface area contributed by atoms with E-state index in [0.717, 1.165) is 16.2 Å². The van der Waals surface area contributed by atoms with E-state index < -0.39 is 31.9 Å². The van der Waals surface area contributed by atoms with E-state index in [0.29, 0.717) is 23.1 Å². The summed E-state index contributed by atoms with van der Waals surface area (Å²) in [5, 5.41) is 6.25. The third-order valence-electron chi connectivity index (χ3n) is 6.97. The predicted molar refractivity (Wildman–Crippen MR) is 173 cm³/mol. The summed E-state index contributed by atoms with van der Waals surface area (Å²) in [5.41, 5.74) is 6.64. The minimum Gasteiger partial charge on any atom is -0.369 e. The highest BCUT2D eigenvalue weighted by Gasteiger charge is 2.29. The summed E-state index contributed by atoms with van der Waals surface area (Å²) in [6, 6.07) is 14.9. The number of benzene rings is 3. The first-order valence-electron chi connectivity index (χ1n) is 13.4. The second-order valence-electron chi connectivity index (χ2n) is 10.0. The Morgan fingerprint density at radius 2 is 1.50 bits per heavy atom. The van der Waals surface area contributed by atoms with E-state index in [1.807, 2.05) is 4.90 Å². The van der Waals surface area contributed by atoms with Crippen molar-refractivity contribution in [1.29, 1.82) is 0 Å². The molecule has 1 aliphatic rings. The number of nitrogens with one attached hydrogen (secondary N) is 2. The molecule has 3 aromatic rings. The van der Waals surface area contributed by atoms with E-state index >= 15 is 0 Å². The van der Waals surface area contributed by atoms with Crippen molar-refractivity contribution >= 4 is 72.1 Å². The van der Waals surface area contributed by atoms with Crippen molar-refractivity contribution in [1.82, 2.24) is 9.62 Å². The Morgan fingerprint density at radius 3 is 2.07 bits per heavy atom. The summed E-state index contributed by atoms with van der Waals surface area (Å²) >= 11 is 12.2. The number of piperazine rings is 1. The van der Waals surface area contributed by atoms with Gasteiger partial charge in [-0.2, -0.15) is 4.31 Å². The van der Waals surface area contributed by atoms with Crippen molar-refractivity contribution in [2.45, 2.75) is 4.90 Å². The molecule has 1 saturated heterocycles. The number of halogens is 2. The van der Waals surface area contributed by atoms with Gasteiger partial charge in [-0.3, -0.25) is 13.9 Å². The van der Waals surface area contributed by atoms with Gasteiger partial charge in [0.25, 0.3) is 11.8 Å². The van der Waals surface area contributed by atoms with Gasteiger partial charge in [-0.15, -0.1) is 0 Å². The van der Waals surface area contributed by atoms with Crippen molar-refractivity contribution in [3.8, 4) is 0 Å². The average molecular weight is 684 g/mol. The first-order valence-corrected chi connectivity index (χ1v) is 17.4. The largest absolute Gasteiger partial charge is 0.369 e. The number of sulfonamides is 2. The van der Waals surface area contributed by atoms with Gasteiger partial charge in [0.2, 0.25) is 20.0 Å². The molecule has 0 aliphatic carbocycles. The molecular formula is C28H32Cl2N6O6S2. The molecule has 0 unspecified atom stereocenters. The van der Waals surface area contributed by atoms with Gasteiger partial charge in [-0.25, -0.2) is 16.8 Å². The molecule has 1 fully saturated rings. The molecule has 236 valence electrons. The second-order valence-corrected chi connectivity index (χ2v) is 14.8. The smallest absolute Gasteiger partial charge is 0.257 e. The average Bonchev–Trinajstić information content (AvgIpc) is 2.98. The van der Waals surface area contributed by atoms with Crippen LogP contribution in [0.3, 0.4) is 0 Å². The summed E-state index contributed by atoms with van der Waals surface area (Å²) < 4.78 is 53.5. The first kappa shape index (κ1) is 33.5. The molecule has 0 bridgehead atoms. The van der Waals surface area contributed by atoms with E-state index in [1.165, 1.54) is 53.8 Å². The lowest BCUT2D eigenvalue weighted by atomic mass is 10.1. The Bertz CT molecular complexity index is 1740. The highest BCUT2D eigenvalue weighted by molar-refractivity contribution is 7.92. The lowest BCUT2D eigenvalue weighted by molar-refractivity contribution is 0.0954. The van der Waals surface area contributed by atoms with Crippen LogP contribution in [-0.2, 0) is 20.0 Å². The van der Waals surface area contributed by atoms with Crippen LogP contribution in [0.1, 0.15) is 20.7 Å². The molecule has 0 spiro atoms. The molecule has 3 aromatic carbocycles. The third kappa shape index (κ3) is 7.81. The quantitative estimate of drug-likeness (QED) is 0.294. The molecule has 1 heterocycles. The van der Waals surface area contributed by atoms with Gasteiger partial charge in [0.15, 0.2) is 0 Å². The van der Waals surface area contributed by atoms with E-state index in [2.05, 4.69) is 10.6 Å². The fourth-order valence-electron chi connectivity index (χ4n) is 4.57. The number of anilines is 3. The van der Waals surface area contributed by atoms with Crippen LogP contribution < -0.4 is 25.6 Å². The van der Waals surface area contributed by atoms with Crippen LogP contribution in [0.5, 0.6) is 0 Å². The summed E-state index contributed by atoms with van der Waals surface area (Å²) in [6.45, 7) is 1.81. The van der Waals surface area contributed by atoms with Crippen LogP contribution in [-0.4, -0.2) is 85.5 Å². The van der Waals surface area contributed by atoms with Crippen LogP contribution >= 0.6 is 23.2 Å². The molecule has 16 heteroatoms. The highest BCUT2D eigenvalue weighted by atomic mass is 35.5. The Morgan fingerprint density at radius 1 is 0.886 bits per heavy atom. The number of nitrogens with zero attached hydrogens (tertiary/aromatic N) is 3. The molecular weight excluding hydrogens is 651 g/mol. The van der Waals surface area contributed by atoms with E-state index in [9.17, 15) is 26.4 Å². The van der Waals surface area contributed by atoms with Crippen molar-refractivity contribution in [3.05, 3.63) is 81.8 Å². The summed E-state index contributed by atoms with van der Waals surface area (Å²) in [4.78, 5) is 27.9. The van der Waals surface area contributed by atoms with Crippen LogP contribution in [0, 0.1) is 0 Å². The standard InChI is InChI=1S/C28H32Cl2N6O6S2/c1-34(43(2,39)40)26-8-3-19(27(37)32-10-9-31)15-25(26)28(38)33-22-4-6-24(7-5-22)44(41,42)36-13-11-35(12-14-36)23-17-20(29)16-21(30)18-23/h3-8,15-18H,9-14,31H2,1-2H3,(H,32,37)(H,33,38). The molecule has 2 amide bonds. The zero-order valence-electron chi connectivity index (χ0n) is 24.0. The molecule has 44 heavy (non-hydrogen) atoms. The van der Waals surface area contributed by atoms with Gasteiger partial charge in [0.05, 0.1) is 22.4 Å². The number of rotatable bonds is 10.